The van der Waals surface area contributed by atoms with Crippen molar-refractivity contribution >= 4 is 18.4 Å². The first kappa shape index (κ1) is 8.91. The maximum atomic E-state index is 10.0. The average molecular weight is 159 g/mol. The molecule has 0 radical (unpaired) electrons. The lowest BCUT2D eigenvalue weighted by molar-refractivity contribution is -0.255. The summed E-state index contributed by atoms with van der Waals surface area (Å²) < 4.78 is 0. The van der Waals surface area contributed by atoms with Gasteiger partial charge >= 0.3 is 0 Å². The van der Waals surface area contributed by atoms with Crippen molar-refractivity contribution in [2.75, 3.05) is 0 Å². The summed E-state index contributed by atoms with van der Waals surface area (Å²) in [5.41, 5.74) is -0.0301. The van der Waals surface area contributed by atoms with Crippen LogP contribution in [0, 0.1) is 0 Å². The molecule has 3 nitrogen and oxygen atoms in total. The van der Waals surface area contributed by atoms with Gasteiger partial charge in [-0.2, -0.15) is 0 Å². The van der Waals surface area contributed by atoms with Crippen molar-refractivity contribution in [1.29, 1.82) is 0 Å². The molecule has 0 aliphatic carbocycles. The van der Waals surface area contributed by atoms with Gasteiger partial charge in [-0.3, -0.25) is 4.98 Å². The summed E-state index contributed by atoms with van der Waals surface area (Å²) >= 11 is 0. The molecule has 54 valence electrons. The van der Waals surface area contributed by atoms with E-state index >= 15 is 0 Å². The lowest BCUT2D eigenvalue weighted by Gasteiger charge is -1.96. The standard InChI is InChI=1S/C6H5NO2.ClH/c8-6(9)5-3-1-2-4-7-5;/h1-4H,(H,8,9);1H/p-1. The van der Waals surface area contributed by atoms with E-state index in [4.69, 9.17) is 0 Å². The Kier molecular flexibility index (Phi) is 3.43. The van der Waals surface area contributed by atoms with Crippen LogP contribution in [0.2, 0.25) is 0 Å². The van der Waals surface area contributed by atoms with Crippen LogP contribution >= 0.6 is 12.4 Å². The zero-order valence-electron chi connectivity index (χ0n) is 4.98. The molecule has 0 unspecified atom stereocenters. The Morgan fingerprint density at radius 1 is 1.50 bits per heavy atom. The van der Waals surface area contributed by atoms with Crippen LogP contribution in [0.1, 0.15) is 10.5 Å². The summed E-state index contributed by atoms with van der Waals surface area (Å²) in [7, 11) is 0. The van der Waals surface area contributed by atoms with E-state index in [0.29, 0.717) is 0 Å². The minimum absolute atomic E-state index is 0. The number of carbonyl (C=O) groups is 1. The normalized spacial score (nSPS) is 8.00. The third-order valence-electron chi connectivity index (χ3n) is 0.874. The third kappa shape index (κ3) is 2.03. The Bertz CT molecular complexity index is 212. The van der Waals surface area contributed by atoms with Crippen LogP contribution in [-0.2, 0) is 0 Å². The van der Waals surface area contributed by atoms with Gasteiger partial charge in [0.05, 0.1) is 11.7 Å². The maximum absolute atomic E-state index is 10.0. The molecule has 4 heteroatoms. The summed E-state index contributed by atoms with van der Waals surface area (Å²) in [6, 6.07) is 4.62. The van der Waals surface area contributed by atoms with Crippen LogP contribution in [-0.4, -0.2) is 11.0 Å². The van der Waals surface area contributed by atoms with E-state index in [9.17, 15) is 9.90 Å². The van der Waals surface area contributed by atoms with Crippen molar-refractivity contribution in [1.82, 2.24) is 4.98 Å². The van der Waals surface area contributed by atoms with Crippen molar-refractivity contribution < 1.29 is 9.90 Å². The summed E-state index contributed by atoms with van der Waals surface area (Å²) in [5, 5.41) is 10.0. The number of rotatable bonds is 1. The van der Waals surface area contributed by atoms with Gasteiger partial charge in [-0.15, -0.1) is 12.4 Å². The number of aromatic carboxylic acids is 1. The van der Waals surface area contributed by atoms with Gasteiger partial charge < -0.3 is 9.90 Å². The van der Waals surface area contributed by atoms with Crippen LogP contribution in [0.4, 0.5) is 0 Å². The number of carbonyl (C=O) groups excluding carboxylic acids is 1. The highest BCUT2D eigenvalue weighted by molar-refractivity contribution is 5.85. The Labute approximate surface area is 64.1 Å². The molecule has 10 heavy (non-hydrogen) atoms. The molecule has 0 fully saturated rings. The maximum Gasteiger partial charge on any atom is 0.0899 e. The second kappa shape index (κ2) is 3.85. The molecule has 0 spiro atoms. The summed E-state index contributed by atoms with van der Waals surface area (Å²) in [6.07, 6.45) is 1.41. The zero-order chi connectivity index (χ0) is 6.69. The highest BCUT2D eigenvalue weighted by Gasteiger charge is 1.87. The van der Waals surface area contributed by atoms with E-state index in [1.165, 1.54) is 12.3 Å². The molecule has 0 atom stereocenters. The smallest absolute Gasteiger partial charge is 0.0899 e. The predicted octanol–water partition coefficient (Wildman–Crippen LogP) is -0.133. The Morgan fingerprint density at radius 3 is 2.50 bits per heavy atom. The lowest BCUT2D eigenvalue weighted by Crippen LogP contribution is -2.23. The molecule has 0 saturated heterocycles. The van der Waals surface area contributed by atoms with E-state index in [2.05, 4.69) is 4.98 Å². The van der Waals surface area contributed by atoms with Gasteiger partial charge in [0, 0.05) is 6.20 Å². The molecule has 1 aromatic rings. The van der Waals surface area contributed by atoms with Crippen LogP contribution in [0.5, 0.6) is 0 Å². The molecule has 0 aliphatic rings. The Morgan fingerprint density at radius 2 is 2.20 bits per heavy atom. The van der Waals surface area contributed by atoms with Crippen molar-refractivity contribution in [3.63, 3.8) is 0 Å². The van der Waals surface area contributed by atoms with Gasteiger partial charge in [-0.25, -0.2) is 0 Å². The third-order valence-corrected chi connectivity index (χ3v) is 0.874. The largest absolute Gasteiger partial charge is 0.543 e. The molecule has 0 N–H and O–H groups in total. The van der Waals surface area contributed by atoms with Crippen molar-refractivity contribution in [3.8, 4) is 0 Å². The van der Waals surface area contributed by atoms with Gasteiger partial charge in [-0.05, 0) is 12.1 Å². The fourth-order valence-electron chi connectivity index (χ4n) is 0.484. The number of aromatic nitrogens is 1. The van der Waals surface area contributed by atoms with E-state index in [1.807, 2.05) is 0 Å². The number of carboxylic acid groups (broad SMARTS) is 1. The number of carboxylic acids is 1. The molecule has 0 bridgehead atoms. The number of nitrogens with zero attached hydrogens (tertiary/aromatic N) is 1. The molecule has 1 heterocycles. The molecule has 1 rings (SSSR count). The summed E-state index contributed by atoms with van der Waals surface area (Å²) in [4.78, 5) is 13.5. The first-order valence-electron chi connectivity index (χ1n) is 2.43. The monoisotopic (exact) mass is 158 g/mol. The van der Waals surface area contributed by atoms with E-state index in [1.54, 1.807) is 12.1 Å². The zero-order valence-corrected chi connectivity index (χ0v) is 5.80. The molecule has 0 saturated carbocycles. The first-order valence-corrected chi connectivity index (χ1v) is 2.43. The molecular weight excluding hydrogens is 154 g/mol. The van der Waals surface area contributed by atoms with E-state index < -0.39 is 5.97 Å². The molecule has 0 aromatic carbocycles. The van der Waals surface area contributed by atoms with Crippen molar-refractivity contribution in [2.45, 2.75) is 0 Å². The van der Waals surface area contributed by atoms with Gasteiger partial charge in [0.25, 0.3) is 0 Å². The van der Waals surface area contributed by atoms with Crippen LogP contribution in [0.15, 0.2) is 24.4 Å². The Hall–Kier alpha value is -1.09. The first-order chi connectivity index (χ1) is 4.30. The van der Waals surface area contributed by atoms with E-state index in [0.717, 1.165) is 0 Å². The Balaban J connectivity index is 0.000000810. The van der Waals surface area contributed by atoms with Crippen molar-refractivity contribution in [2.24, 2.45) is 0 Å². The fourth-order valence-corrected chi connectivity index (χ4v) is 0.484. The van der Waals surface area contributed by atoms with Gasteiger partial charge in [0.2, 0.25) is 0 Å². The average Bonchev–Trinajstić information content (AvgIpc) is 1.90. The van der Waals surface area contributed by atoms with Gasteiger partial charge in [0.1, 0.15) is 0 Å². The fraction of sp³-hybridized carbons (Fsp3) is 0. The molecular formula is C6H5ClNO2-. The van der Waals surface area contributed by atoms with Crippen LogP contribution in [0.25, 0.3) is 0 Å². The molecule has 0 amide bonds. The molecule has 1 aromatic heterocycles. The number of pyridine rings is 1. The van der Waals surface area contributed by atoms with Crippen molar-refractivity contribution in [3.05, 3.63) is 30.1 Å². The quantitative estimate of drug-likeness (QED) is 0.572. The summed E-state index contributed by atoms with van der Waals surface area (Å²) in [5.74, 6) is -1.24. The highest BCUT2D eigenvalue weighted by Crippen LogP contribution is 1.88. The second-order valence-electron chi connectivity index (χ2n) is 1.50. The lowest BCUT2D eigenvalue weighted by atomic mass is 10.4. The summed E-state index contributed by atoms with van der Waals surface area (Å²) in [6.45, 7) is 0. The highest BCUT2D eigenvalue weighted by atomic mass is 35.5. The topological polar surface area (TPSA) is 53.0 Å². The van der Waals surface area contributed by atoms with Crippen LogP contribution < -0.4 is 5.11 Å². The number of hydrogen-bond acceptors (Lipinski definition) is 3. The van der Waals surface area contributed by atoms with E-state index in [-0.39, 0.29) is 18.1 Å². The predicted molar refractivity (Wildman–Crippen MR) is 35.8 cm³/mol. The minimum Gasteiger partial charge on any atom is -0.543 e. The molecule has 0 aliphatic heterocycles. The number of halogens is 1. The van der Waals surface area contributed by atoms with Gasteiger partial charge in [0.15, 0.2) is 0 Å². The SMILES string of the molecule is Cl.O=C([O-])c1ccccn1. The minimum atomic E-state index is -1.24. The van der Waals surface area contributed by atoms with Gasteiger partial charge in [-0.1, -0.05) is 6.07 Å². The van der Waals surface area contributed by atoms with Crippen LogP contribution in [0.3, 0.4) is 0 Å². The number of hydrogen-bond donors (Lipinski definition) is 0. The second-order valence-corrected chi connectivity index (χ2v) is 1.50.